The van der Waals surface area contributed by atoms with Gasteiger partial charge in [-0.05, 0) is 5.75 Å². The number of nitrogens with one attached hydrogen (secondary N) is 1. The molecule has 0 aromatic carbocycles. The molecule has 15 heavy (non-hydrogen) atoms. The fourth-order valence-electron chi connectivity index (χ4n) is 1.15. The van der Waals surface area contributed by atoms with Gasteiger partial charge < -0.3 is 5.32 Å². The maximum absolute atomic E-state index is 11.1. The molecule has 1 aliphatic heterocycles. The van der Waals surface area contributed by atoms with Crippen LogP contribution in [0.15, 0.2) is 12.2 Å². The molecule has 0 bridgehead atoms. The van der Waals surface area contributed by atoms with Crippen LogP contribution >= 0.6 is 12.6 Å². The Bertz CT molecular complexity index is 296. The lowest BCUT2D eigenvalue weighted by molar-refractivity contribution is -0.137. The number of hydrogen-bond donors (Lipinski definition) is 2. The standard InChI is InChI=1S/C9H12N2O3S/c12-7(3-6-15)10-4-5-11-8(13)1-2-9(11)14/h1-2,15H,3-6H2,(H,10,12). The molecule has 1 aliphatic rings. The van der Waals surface area contributed by atoms with Crippen molar-refractivity contribution >= 4 is 30.4 Å². The van der Waals surface area contributed by atoms with Crippen molar-refractivity contribution in [3.63, 3.8) is 0 Å². The predicted octanol–water partition coefficient (Wildman–Crippen LogP) is -0.653. The molecule has 0 radical (unpaired) electrons. The molecule has 1 N–H and O–H groups in total. The summed E-state index contributed by atoms with van der Waals surface area (Å²) in [6, 6.07) is 0. The quantitative estimate of drug-likeness (QED) is 0.485. The molecule has 0 aliphatic carbocycles. The van der Waals surface area contributed by atoms with E-state index in [0.717, 1.165) is 4.90 Å². The number of carbonyl (C=O) groups excluding carboxylic acids is 3. The fraction of sp³-hybridized carbons (Fsp3) is 0.444. The molecule has 0 atom stereocenters. The molecule has 0 unspecified atom stereocenters. The lowest BCUT2D eigenvalue weighted by Gasteiger charge is -2.13. The maximum Gasteiger partial charge on any atom is 0.253 e. The Hall–Kier alpha value is -1.30. The third-order valence-corrected chi connectivity index (χ3v) is 2.12. The van der Waals surface area contributed by atoms with Gasteiger partial charge in [-0.15, -0.1) is 0 Å². The molecular weight excluding hydrogens is 216 g/mol. The summed E-state index contributed by atoms with van der Waals surface area (Å²) in [5, 5.41) is 2.59. The van der Waals surface area contributed by atoms with Crippen molar-refractivity contribution in [3.8, 4) is 0 Å². The van der Waals surface area contributed by atoms with Crippen LogP contribution in [0.2, 0.25) is 0 Å². The molecule has 6 heteroatoms. The number of thiol groups is 1. The zero-order valence-electron chi connectivity index (χ0n) is 8.10. The van der Waals surface area contributed by atoms with E-state index < -0.39 is 0 Å². The van der Waals surface area contributed by atoms with Crippen molar-refractivity contribution in [1.29, 1.82) is 0 Å². The molecule has 1 heterocycles. The van der Waals surface area contributed by atoms with E-state index >= 15 is 0 Å². The van der Waals surface area contributed by atoms with Crippen molar-refractivity contribution in [3.05, 3.63) is 12.2 Å². The Morgan fingerprint density at radius 1 is 1.33 bits per heavy atom. The molecule has 1 rings (SSSR count). The molecule has 0 saturated heterocycles. The van der Waals surface area contributed by atoms with Crippen LogP contribution in [0.4, 0.5) is 0 Å². The van der Waals surface area contributed by atoms with Crippen LogP contribution in [0.1, 0.15) is 6.42 Å². The van der Waals surface area contributed by atoms with Gasteiger partial charge in [0.2, 0.25) is 5.91 Å². The van der Waals surface area contributed by atoms with Gasteiger partial charge in [0.25, 0.3) is 11.8 Å². The summed E-state index contributed by atoms with van der Waals surface area (Å²) in [4.78, 5) is 34.3. The second-order valence-corrected chi connectivity index (χ2v) is 3.43. The van der Waals surface area contributed by atoms with Gasteiger partial charge in [-0.1, -0.05) is 0 Å². The highest BCUT2D eigenvalue weighted by molar-refractivity contribution is 7.80. The molecule has 0 aromatic rings. The molecule has 82 valence electrons. The van der Waals surface area contributed by atoms with Gasteiger partial charge in [0, 0.05) is 31.7 Å². The lowest BCUT2D eigenvalue weighted by atomic mass is 10.4. The number of nitrogens with zero attached hydrogens (tertiary/aromatic N) is 1. The average Bonchev–Trinajstić information content (AvgIpc) is 2.49. The first-order chi connectivity index (χ1) is 7.15. The van der Waals surface area contributed by atoms with E-state index in [1.165, 1.54) is 12.2 Å². The van der Waals surface area contributed by atoms with Crippen molar-refractivity contribution in [2.75, 3.05) is 18.8 Å². The van der Waals surface area contributed by atoms with E-state index in [1.54, 1.807) is 0 Å². The summed E-state index contributed by atoms with van der Waals surface area (Å²) in [7, 11) is 0. The van der Waals surface area contributed by atoms with Crippen molar-refractivity contribution < 1.29 is 14.4 Å². The minimum Gasteiger partial charge on any atom is -0.354 e. The zero-order valence-corrected chi connectivity index (χ0v) is 9.00. The van der Waals surface area contributed by atoms with Gasteiger partial charge in [-0.3, -0.25) is 19.3 Å². The van der Waals surface area contributed by atoms with Crippen molar-refractivity contribution in [2.24, 2.45) is 0 Å². The van der Waals surface area contributed by atoms with Gasteiger partial charge in [-0.2, -0.15) is 12.6 Å². The first-order valence-electron chi connectivity index (χ1n) is 4.56. The third-order valence-electron chi connectivity index (χ3n) is 1.90. The molecular formula is C9H12N2O3S. The number of hydrogen-bond acceptors (Lipinski definition) is 4. The van der Waals surface area contributed by atoms with E-state index in [2.05, 4.69) is 17.9 Å². The van der Waals surface area contributed by atoms with E-state index in [4.69, 9.17) is 0 Å². The third kappa shape index (κ3) is 3.39. The minimum atomic E-state index is -0.330. The van der Waals surface area contributed by atoms with Crippen molar-refractivity contribution in [1.82, 2.24) is 10.2 Å². The van der Waals surface area contributed by atoms with E-state index in [0.29, 0.717) is 12.2 Å². The Morgan fingerprint density at radius 3 is 2.47 bits per heavy atom. The Labute approximate surface area is 92.9 Å². The van der Waals surface area contributed by atoms with Crippen LogP contribution < -0.4 is 5.32 Å². The molecule has 5 nitrogen and oxygen atoms in total. The van der Waals surface area contributed by atoms with Crippen LogP contribution in [-0.2, 0) is 14.4 Å². The summed E-state index contributed by atoms with van der Waals surface area (Å²) < 4.78 is 0. The van der Waals surface area contributed by atoms with Crippen molar-refractivity contribution in [2.45, 2.75) is 6.42 Å². The summed E-state index contributed by atoms with van der Waals surface area (Å²) in [6.07, 6.45) is 2.78. The second kappa shape index (κ2) is 5.55. The highest BCUT2D eigenvalue weighted by Gasteiger charge is 2.22. The number of amides is 3. The number of imide groups is 1. The molecule has 0 fully saturated rings. The normalized spacial score (nSPS) is 14.9. The summed E-state index contributed by atoms with van der Waals surface area (Å²) in [5.74, 6) is -0.307. The van der Waals surface area contributed by atoms with E-state index in [1.807, 2.05) is 0 Å². The van der Waals surface area contributed by atoms with Crippen LogP contribution in [-0.4, -0.2) is 41.5 Å². The molecule has 0 aromatic heterocycles. The Kier molecular flexibility index (Phi) is 4.36. The van der Waals surface area contributed by atoms with E-state index in [9.17, 15) is 14.4 Å². The highest BCUT2D eigenvalue weighted by Crippen LogP contribution is 2.01. The smallest absolute Gasteiger partial charge is 0.253 e. The first-order valence-corrected chi connectivity index (χ1v) is 5.19. The number of carbonyl (C=O) groups is 3. The Balaban J connectivity index is 2.23. The second-order valence-electron chi connectivity index (χ2n) is 2.99. The highest BCUT2D eigenvalue weighted by atomic mass is 32.1. The summed E-state index contributed by atoms with van der Waals surface area (Å²) in [6.45, 7) is 0.495. The summed E-state index contributed by atoms with van der Waals surface area (Å²) in [5.41, 5.74) is 0. The predicted molar refractivity (Wildman–Crippen MR) is 57.3 cm³/mol. The SMILES string of the molecule is O=C(CCS)NCCN1C(=O)C=CC1=O. The minimum absolute atomic E-state index is 0.128. The van der Waals surface area contributed by atoms with Gasteiger partial charge in [0.05, 0.1) is 0 Å². The van der Waals surface area contributed by atoms with Crippen LogP contribution in [0, 0.1) is 0 Å². The van der Waals surface area contributed by atoms with E-state index in [-0.39, 0.29) is 30.8 Å². The fourth-order valence-corrected chi connectivity index (χ4v) is 1.35. The largest absolute Gasteiger partial charge is 0.354 e. The van der Waals surface area contributed by atoms with Gasteiger partial charge in [0.15, 0.2) is 0 Å². The van der Waals surface area contributed by atoms with Crippen LogP contribution in [0.3, 0.4) is 0 Å². The number of rotatable bonds is 5. The molecule has 0 spiro atoms. The van der Waals surface area contributed by atoms with Crippen LogP contribution in [0.25, 0.3) is 0 Å². The van der Waals surface area contributed by atoms with Crippen LogP contribution in [0.5, 0.6) is 0 Å². The van der Waals surface area contributed by atoms with Gasteiger partial charge in [0.1, 0.15) is 0 Å². The molecule has 0 saturated carbocycles. The first kappa shape index (κ1) is 11.8. The Morgan fingerprint density at radius 2 is 1.93 bits per heavy atom. The lowest BCUT2D eigenvalue weighted by Crippen LogP contribution is -2.38. The summed E-state index contributed by atoms with van der Waals surface area (Å²) >= 11 is 3.91. The molecule has 3 amide bonds. The van der Waals surface area contributed by atoms with Gasteiger partial charge >= 0.3 is 0 Å². The topological polar surface area (TPSA) is 66.5 Å². The maximum atomic E-state index is 11.1. The average molecular weight is 228 g/mol. The zero-order chi connectivity index (χ0) is 11.3. The monoisotopic (exact) mass is 228 g/mol. The van der Waals surface area contributed by atoms with Gasteiger partial charge in [-0.25, -0.2) is 0 Å².